The smallest absolute Gasteiger partial charge is 0.240 e. The molecule has 13 heteroatoms. The number of rotatable bonds is 13. The minimum absolute atomic E-state index is 0.0728. The molecule has 5 aliphatic carbocycles. The summed E-state index contributed by atoms with van der Waals surface area (Å²) in [6.45, 7) is 9.91. The molecule has 6 unspecified atom stereocenters. The zero-order valence-corrected chi connectivity index (χ0v) is 35.3. The van der Waals surface area contributed by atoms with Crippen LogP contribution < -0.4 is 10.6 Å². The summed E-state index contributed by atoms with van der Waals surface area (Å²) in [5.74, 6) is 2.43. The van der Waals surface area contributed by atoms with E-state index >= 15 is 0 Å². The lowest BCUT2D eigenvalue weighted by molar-refractivity contribution is -0.193. The third-order valence-electron chi connectivity index (χ3n) is 14.6. The lowest BCUT2D eigenvalue weighted by Gasteiger charge is -2.62. The number of fused-ring (bicyclic) bond motifs is 2. The Morgan fingerprint density at radius 3 is 2.30 bits per heavy atom. The van der Waals surface area contributed by atoms with Crippen molar-refractivity contribution in [1.29, 1.82) is 0 Å². The highest BCUT2D eigenvalue weighted by Gasteiger charge is 2.58. The second-order valence-corrected chi connectivity index (χ2v) is 18.9. The summed E-state index contributed by atoms with van der Waals surface area (Å²) in [6, 6.07) is -0.335. The summed E-state index contributed by atoms with van der Waals surface area (Å²) < 4.78 is 6.39. The minimum atomic E-state index is -0.834. The quantitative estimate of drug-likeness (QED) is 0.126. The van der Waals surface area contributed by atoms with Crippen LogP contribution in [0.4, 0.5) is 0 Å². The highest BCUT2D eigenvalue weighted by atomic mass is 16.7. The molecule has 54 heavy (non-hydrogen) atoms. The van der Waals surface area contributed by atoms with Gasteiger partial charge in [-0.3, -0.25) is 19.4 Å². The van der Waals surface area contributed by atoms with Crippen LogP contribution in [0.1, 0.15) is 79.1 Å². The maximum absolute atomic E-state index is 14.3. The number of hydrogen-bond acceptors (Lipinski definition) is 9. The first kappa shape index (κ1) is 43.1. The Morgan fingerprint density at radius 2 is 1.72 bits per heavy atom. The van der Waals surface area contributed by atoms with E-state index in [1.165, 1.54) is 6.42 Å². The van der Waals surface area contributed by atoms with Crippen molar-refractivity contribution < 1.29 is 29.4 Å². The van der Waals surface area contributed by atoms with E-state index in [1.807, 2.05) is 38.0 Å². The zero-order valence-electron chi connectivity index (χ0n) is 35.3. The first-order valence-corrected chi connectivity index (χ1v) is 20.9. The van der Waals surface area contributed by atoms with Crippen LogP contribution in [0.2, 0.25) is 0 Å². The average molecular weight is 762 g/mol. The van der Waals surface area contributed by atoms with Crippen molar-refractivity contribution in [3.63, 3.8) is 0 Å². The van der Waals surface area contributed by atoms with E-state index in [0.717, 1.165) is 50.9 Å². The minimum Gasteiger partial charge on any atom is -0.394 e. The van der Waals surface area contributed by atoms with Crippen LogP contribution >= 0.6 is 0 Å². The van der Waals surface area contributed by atoms with Crippen LogP contribution in [-0.2, 0) is 19.2 Å². The van der Waals surface area contributed by atoms with Crippen LogP contribution in [0.15, 0.2) is 4.99 Å². The number of aliphatic hydroxyl groups excluding tert-OH is 2. The van der Waals surface area contributed by atoms with E-state index in [1.54, 1.807) is 19.1 Å². The van der Waals surface area contributed by atoms with E-state index in [4.69, 9.17) is 9.57 Å². The molecule has 0 spiro atoms. The van der Waals surface area contributed by atoms with Gasteiger partial charge in [-0.05, 0) is 101 Å². The van der Waals surface area contributed by atoms with Gasteiger partial charge in [0.1, 0.15) is 12.1 Å². The second-order valence-electron chi connectivity index (χ2n) is 18.9. The molecule has 13 nitrogen and oxygen atoms in total. The van der Waals surface area contributed by atoms with Crippen molar-refractivity contribution in [2.75, 3.05) is 75.6 Å². The number of aliphatic imine (C=N–C) groups is 1. The molecule has 2 bridgehead atoms. The molecule has 0 aromatic carbocycles. The molecule has 14 atom stereocenters. The first-order valence-electron chi connectivity index (χ1n) is 20.9. The fourth-order valence-corrected chi connectivity index (χ4v) is 11.6. The monoisotopic (exact) mass is 762 g/mol. The number of ether oxygens (including phenoxy) is 1. The van der Waals surface area contributed by atoms with Crippen LogP contribution in [0.3, 0.4) is 0 Å². The van der Waals surface area contributed by atoms with Gasteiger partial charge < -0.3 is 40.3 Å². The summed E-state index contributed by atoms with van der Waals surface area (Å²) in [5.41, 5.74) is 0.311. The van der Waals surface area contributed by atoms with Gasteiger partial charge in [0.05, 0.1) is 25.4 Å². The standard InChI is InChI=1S/C41H75N7O6/c1-24-32-20-29(41(32,3)4)21-33(24)44-39(52)36-35(25(2)50)34(23-49)54-48(36)22-26-13-12-14-31(37(26)53-11)27-17-28(19-30(18-27)45(5)6)38(51)42-15-16-43-40(46(7)8)47(9)10/h24-37,49-50H,12-23H2,1-11H3,(H,42,51)(H,44,52)/t24-,25-,26?,27?,28?,29+,30?,31?,32-,33-,34-,35-,36-,37?/m0/s1. The molecule has 6 rings (SSSR count). The summed E-state index contributed by atoms with van der Waals surface area (Å²) in [5, 5.41) is 29.8. The topological polar surface area (TPSA) is 142 Å². The Kier molecular flexibility index (Phi) is 14.4. The Hall–Kier alpha value is -2.03. The van der Waals surface area contributed by atoms with Crippen molar-refractivity contribution in [2.24, 2.45) is 57.8 Å². The summed E-state index contributed by atoms with van der Waals surface area (Å²) in [4.78, 5) is 45.3. The Labute approximate surface area is 325 Å². The van der Waals surface area contributed by atoms with Gasteiger partial charge in [-0.15, -0.1) is 0 Å². The molecular formula is C41H75N7O6. The third-order valence-corrected chi connectivity index (χ3v) is 14.6. The first-order chi connectivity index (χ1) is 25.5. The molecule has 6 fully saturated rings. The Morgan fingerprint density at radius 1 is 1.02 bits per heavy atom. The highest BCUT2D eigenvalue weighted by Crippen LogP contribution is 2.61. The number of aliphatic hydroxyl groups is 2. The molecule has 1 saturated heterocycles. The number of hydrogen-bond donors (Lipinski definition) is 4. The lowest BCUT2D eigenvalue weighted by atomic mass is 9.45. The third kappa shape index (κ3) is 9.07. The predicted molar refractivity (Wildman–Crippen MR) is 211 cm³/mol. The van der Waals surface area contributed by atoms with E-state index in [2.05, 4.69) is 55.4 Å². The zero-order chi connectivity index (χ0) is 39.6. The van der Waals surface area contributed by atoms with Crippen LogP contribution in [-0.4, -0.2) is 160 Å². The second kappa shape index (κ2) is 18.1. The van der Waals surface area contributed by atoms with Gasteiger partial charge in [0.2, 0.25) is 11.8 Å². The molecule has 0 aromatic rings. The number of hydroxylamine groups is 2. The number of nitrogens with zero attached hydrogens (tertiary/aromatic N) is 5. The number of carbonyl (C=O) groups excluding carboxylic acids is 2. The molecule has 1 aliphatic heterocycles. The van der Waals surface area contributed by atoms with Gasteiger partial charge in [0.25, 0.3) is 0 Å². The van der Waals surface area contributed by atoms with Gasteiger partial charge in [0, 0.05) is 78.2 Å². The largest absolute Gasteiger partial charge is 0.394 e. The maximum atomic E-state index is 14.3. The van der Waals surface area contributed by atoms with Gasteiger partial charge in [0.15, 0.2) is 5.96 Å². The van der Waals surface area contributed by atoms with E-state index in [-0.39, 0.29) is 54.4 Å². The van der Waals surface area contributed by atoms with Crippen LogP contribution in [0.5, 0.6) is 0 Å². The maximum Gasteiger partial charge on any atom is 0.240 e. The molecule has 2 amide bonds. The van der Waals surface area contributed by atoms with Crippen molar-refractivity contribution in [3.05, 3.63) is 0 Å². The van der Waals surface area contributed by atoms with E-state index < -0.39 is 24.2 Å². The predicted octanol–water partition coefficient (Wildman–Crippen LogP) is 2.52. The van der Waals surface area contributed by atoms with E-state index in [0.29, 0.717) is 48.7 Å². The molecule has 0 aromatic heterocycles. The van der Waals surface area contributed by atoms with Gasteiger partial charge in [-0.25, -0.2) is 0 Å². The molecule has 5 saturated carbocycles. The van der Waals surface area contributed by atoms with Crippen molar-refractivity contribution in [3.8, 4) is 0 Å². The van der Waals surface area contributed by atoms with Crippen molar-refractivity contribution in [1.82, 2.24) is 30.4 Å². The number of amides is 2. The van der Waals surface area contributed by atoms with Crippen molar-refractivity contribution >= 4 is 17.8 Å². The van der Waals surface area contributed by atoms with Gasteiger partial charge in [-0.2, -0.15) is 5.06 Å². The molecular weight excluding hydrogens is 686 g/mol. The van der Waals surface area contributed by atoms with Gasteiger partial charge in [-0.1, -0.05) is 27.2 Å². The Bertz CT molecular complexity index is 1280. The number of methoxy groups -OCH3 is 1. The van der Waals surface area contributed by atoms with Crippen LogP contribution in [0.25, 0.3) is 0 Å². The Balaban J connectivity index is 1.28. The number of carbonyl (C=O) groups is 2. The fraction of sp³-hybridized carbons (Fsp3) is 0.927. The lowest BCUT2D eigenvalue weighted by Crippen LogP contribution is -2.62. The summed E-state index contributed by atoms with van der Waals surface area (Å²) in [6.07, 6.45) is 6.26. The summed E-state index contributed by atoms with van der Waals surface area (Å²) >= 11 is 0. The molecule has 1 heterocycles. The normalized spacial score (nSPS) is 38.3. The highest BCUT2D eigenvalue weighted by molar-refractivity contribution is 5.83. The molecule has 4 N–H and O–H groups in total. The number of nitrogens with one attached hydrogen (secondary N) is 2. The number of guanidine groups is 1. The average Bonchev–Trinajstić information content (AvgIpc) is 3.50. The molecule has 6 aliphatic rings. The molecule has 310 valence electrons. The fourth-order valence-electron chi connectivity index (χ4n) is 11.6. The van der Waals surface area contributed by atoms with Gasteiger partial charge >= 0.3 is 0 Å². The van der Waals surface area contributed by atoms with Crippen molar-refractivity contribution in [2.45, 2.75) is 115 Å². The van der Waals surface area contributed by atoms with E-state index in [9.17, 15) is 19.8 Å². The SMILES string of the molecule is COC1C(CN2O[C@@H](CO)[C@H]([C@H](C)O)[C@H]2C(=O)N[C@H]2C[C@H]3C[C@@H]([C@@H]2C)C3(C)C)CCCC1C1CC(C(=O)NCCN=C(N(C)C)N(C)C)CC(N(C)C)C1. The van der Waals surface area contributed by atoms with Crippen LogP contribution in [0, 0.1) is 52.8 Å². The molecule has 0 radical (unpaired) electrons. The summed E-state index contributed by atoms with van der Waals surface area (Å²) in [7, 11) is 13.9.